The summed E-state index contributed by atoms with van der Waals surface area (Å²) in [5, 5.41) is 14.3. The molecule has 3 rings (SSSR count). The van der Waals surface area contributed by atoms with Crippen LogP contribution in [0.4, 0.5) is 11.4 Å². The zero-order valence-electron chi connectivity index (χ0n) is 13.5. The van der Waals surface area contributed by atoms with E-state index in [0.717, 1.165) is 12.8 Å². The Kier molecular flexibility index (Phi) is 5.07. The van der Waals surface area contributed by atoms with E-state index in [-0.39, 0.29) is 17.9 Å². The van der Waals surface area contributed by atoms with E-state index in [2.05, 4.69) is 10.6 Å². The first-order valence-electron chi connectivity index (χ1n) is 8.00. The summed E-state index contributed by atoms with van der Waals surface area (Å²) in [6.07, 6.45) is 1.26. The molecule has 2 N–H and O–H groups in total. The Morgan fingerprint density at radius 3 is 2.20 bits per heavy atom. The van der Waals surface area contributed by atoms with Crippen molar-refractivity contribution in [3.63, 3.8) is 0 Å². The Labute approximate surface area is 145 Å². The summed E-state index contributed by atoms with van der Waals surface area (Å²) in [6.45, 7) is 0.623. The van der Waals surface area contributed by atoms with E-state index >= 15 is 0 Å². The molecule has 1 saturated heterocycles. The predicted octanol–water partition coefficient (Wildman–Crippen LogP) is 2.93. The molecule has 6 heteroatoms. The predicted molar refractivity (Wildman–Crippen MR) is 93.2 cm³/mol. The van der Waals surface area contributed by atoms with Gasteiger partial charge in [0.1, 0.15) is 6.10 Å². The molecule has 1 fully saturated rings. The number of ether oxygens (including phenoxy) is 1. The second-order valence-corrected chi connectivity index (χ2v) is 5.71. The molecule has 2 amide bonds. The van der Waals surface area contributed by atoms with Gasteiger partial charge in [0.2, 0.25) is 0 Å². The Morgan fingerprint density at radius 2 is 1.64 bits per heavy atom. The Morgan fingerprint density at radius 1 is 1.00 bits per heavy atom. The Balaban J connectivity index is 1.59. The minimum Gasteiger partial charge on any atom is -0.368 e. The van der Waals surface area contributed by atoms with Crippen LogP contribution in [-0.2, 0) is 9.53 Å². The van der Waals surface area contributed by atoms with Gasteiger partial charge in [0.05, 0.1) is 11.6 Å². The highest BCUT2D eigenvalue weighted by Crippen LogP contribution is 2.18. The van der Waals surface area contributed by atoms with Gasteiger partial charge in [-0.1, -0.05) is 0 Å². The number of carbonyl (C=O) groups is 2. The maximum atomic E-state index is 12.2. The number of amides is 2. The second kappa shape index (κ2) is 7.60. The van der Waals surface area contributed by atoms with Crippen molar-refractivity contribution in [2.45, 2.75) is 18.9 Å². The SMILES string of the molecule is N#Cc1ccc(C(=O)Nc2ccc(NC(=O)[C@H]3CCCO3)cc2)cc1. The Hall–Kier alpha value is -3.17. The first-order chi connectivity index (χ1) is 12.2. The summed E-state index contributed by atoms with van der Waals surface area (Å²) in [7, 11) is 0. The molecule has 0 bridgehead atoms. The van der Waals surface area contributed by atoms with Crippen LogP contribution in [0.2, 0.25) is 0 Å². The first-order valence-corrected chi connectivity index (χ1v) is 8.00. The van der Waals surface area contributed by atoms with E-state index in [4.69, 9.17) is 10.00 Å². The molecular weight excluding hydrogens is 318 g/mol. The van der Waals surface area contributed by atoms with Crippen molar-refractivity contribution in [1.29, 1.82) is 5.26 Å². The number of nitriles is 1. The topological polar surface area (TPSA) is 91.2 Å². The molecule has 126 valence electrons. The van der Waals surface area contributed by atoms with Crippen LogP contribution in [0.5, 0.6) is 0 Å². The third kappa shape index (κ3) is 4.22. The number of carbonyl (C=O) groups excluding carboxylic acids is 2. The van der Waals surface area contributed by atoms with Gasteiger partial charge in [0, 0.05) is 23.5 Å². The average molecular weight is 335 g/mol. The van der Waals surface area contributed by atoms with E-state index in [9.17, 15) is 9.59 Å². The monoisotopic (exact) mass is 335 g/mol. The molecule has 0 unspecified atom stereocenters. The molecule has 1 aliphatic heterocycles. The molecular formula is C19H17N3O3. The summed E-state index contributed by atoms with van der Waals surface area (Å²) in [4.78, 5) is 24.2. The lowest BCUT2D eigenvalue weighted by molar-refractivity contribution is -0.124. The second-order valence-electron chi connectivity index (χ2n) is 5.71. The third-order valence-electron chi connectivity index (χ3n) is 3.91. The third-order valence-corrected chi connectivity index (χ3v) is 3.91. The molecule has 2 aromatic rings. The highest BCUT2D eigenvalue weighted by Gasteiger charge is 2.23. The number of hydrogen-bond donors (Lipinski definition) is 2. The van der Waals surface area contributed by atoms with Crippen LogP contribution in [0.15, 0.2) is 48.5 Å². The molecule has 6 nitrogen and oxygen atoms in total. The number of nitrogens with zero attached hydrogens (tertiary/aromatic N) is 1. The maximum absolute atomic E-state index is 12.2. The molecule has 1 aliphatic rings. The summed E-state index contributed by atoms with van der Waals surface area (Å²) >= 11 is 0. The van der Waals surface area contributed by atoms with Crippen LogP contribution in [0.25, 0.3) is 0 Å². The fourth-order valence-electron chi connectivity index (χ4n) is 2.54. The van der Waals surface area contributed by atoms with Crippen LogP contribution in [0.1, 0.15) is 28.8 Å². The van der Waals surface area contributed by atoms with Crippen molar-refractivity contribution in [1.82, 2.24) is 0 Å². The molecule has 0 spiro atoms. The van der Waals surface area contributed by atoms with E-state index in [1.165, 1.54) is 0 Å². The summed E-state index contributed by atoms with van der Waals surface area (Å²) in [5.41, 5.74) is 2.24. The number of benzene rings is 2. The smallest absolute Gasteiger partial charge is 0.255 e. The summed E-state index contributed by atoms with van der Waals surface area (Å²) < 4.78 is 5.34. The van der Waals surface area contributed by atoms with Gasteiger partial charge in [-0.25, -0.2) is 0 Å². The number of anilines is 2. The van der Waals surface area contributed by atoms with Crippen molar-refractivity contribution in [2.24, 2.45) is 0 Å². The Bertz CT molecular complexity index is 801. The molecule has 0 aliphatic carbocycles. The fraction of sp³-hybridized carbons (Fsp3) is 0.211. The fourth-order valence-corrected chi connectivity index (χ4v) is 2.54. The average Bonchev–Trinajstić information content (AvgIpc) is 3.18. The van der Waals surface area contributed by atoms with Crippen LogP contribution < -0.4 is 10.6 Å². The quantitative estimate of drug-likeness (QED) is 0.899. The van der Waals surface area contributed by atoms with Gasteiger partial charge in [0.15, 0.2) is 0 Å². The summed E-state index contributed by atoms with van der Waals surface area (Å²) in [5.74, 6) is -0.410. The van der Waals surface area contributed by atoms with Crippen LogP contribution in [-0.4, -0.2) is 24.5 Å². The minimum absolute atomic E-state index is 0.146. The highest BCUT2D eigenvalue weighted by atomic mass is 16.5. The van der Waals surface area contributed by atoms with Crippen LogP contribution in [0.3, 0.4) is 0 Å². The van der Waals surface area contributed by atoms with Gasteiger partial charge in [-0.2, -0.15) is 5.26 Å². The van der Waals surface area contributed by atoms with Gasteiger partial charge >= 0.3 is 0 Å². The standard InChI is InChI=1S/C19H17N3O3/c20-12-13-3-5-14(6-4-13)18(23)21-15-7-9-16(10-8-15)22-19(24)17-2-1-11-25-17/h3-10,17H,1-2,11H2,(H,21,23)(H,22,24)/t17-/m1/s1. The van der Waals surface area contributed by atoms with Gasteiger partial charge in [-0.3, -0.25) is 9.59 Å². The normalized spacial score (nSPS) is 16.0. The van der Waals surface area contributed by atoms with Crippen molar-refractivity contribution in [3.8, 4) is 6.07 Å². The van der Waals surface area contributed by atoms with E-state index in [0.29, 0.717) is 29.1 Å². The number of hydrogen-bond acceptors (Lipinski definition) is 4. The van der Waals surface area contributed by atoms with E-state index < -0.39 is 0 Å². The van der Waals surface area contributed by atoms with Crippen LogP contribution in [0, 0.1) is 11.3 Å². The van der Waals surface area contributed by atoms with Crippen molar-refractivity contribution in [2.75, 3.05) is 17.2 Å². The van der Waals surface area contributed by atoms with Gasteiger partial charge in [0.25, 0.3) is 11.8 Å². The van der Waals surface area contributed by atoms with Gasteiger partial charge in [-0.05, 0) is 61.4 Å². The zero-order chi connectivity index (χ0) is 17.6. The van der Waals surface area contributed by atoms with Gasteiger partial charge in [-0.15, -0.1) is 0 Å². The molecule has 0 aromatic heterocycles. The van der Waals surface area contributed by atoms with Crippen molar-refractivity contribution in [3.05, 3.63) is 59.7 Å². The molecule has 1 heterocycles. The van der Waals surface area contributed by atoms with Crippen molar-refractivity contribution < 1.29 is 14.3 Å². The van der Waals surface area contributed by atoms with Crippen molar-refractivity contribution >= 4 is 23.2 Å². The largest absolute Gasteiger partial charge is 0.368 e. The van der Waals surface area contributed by atoms with Crippen LogP contribution >= 0.6 is 0 Å². The zero-order valence-corrected chi connectivity index (χ0v) is 13.5. The molecule has 2 aromatic carbocycles. The first kappa shape index (κ1) is 16.7. The summed E-state index contributed by atoms with van der Waals surface area (Å²) in [6, 6.07) is 15.3. The molecule has 0 saturated carbocycles. The van der Waals surface area contributed by atoms with E-state index in [1.54, 1.807) is 48.5 Å². The lowest BCUT2D eigenvalue weighted by Crippen LogP contribution is -2.26. The molecule has 1 atom stereocenters. The minimum atomic E-state index is -0.379. The number of nitrogens with one attached hydrogen (secondary N) is 2. The highest BCUT2D eigenvalue weighted by molar-refractivity contribution is 6.04. The lowest BCUT2D eigenvalue weighted by atomic mass is 10.1. The van der Waals surface area contributed by atoms with Gasteiger partial charge < -0.3 is 15.4 Å². The van der Waals surface area contributed by atoms with E-state index in [1.807, 2.05) is 6.07 Å². The molecule has 25 heavy (non-hydrogen) atoms. The maximum Gasteiger partial charge on any atom is 0.255 e. The lowest BCUT2D eigenvalue weighted by Gasteiger charge is -2.11. The molecule has 0 radical (unpaired) electrons. The number of rotatable bonds is 4.